The van der Waals surface area contributed by atoms with Gasteiger partial charge in [0.25, 0.3) is 8.53 Å². The average molecular weight is 482 g/mol. The zero-order valence-corrected chi connectivity index (χ0v) is 21.4. The third-order valence-corrected chi connectivity index (χ3v) is 7.96. The fraction of sp³-hybridized carbons (Fsp3) is 0.833. The maximum Gasteiger partial charge on any atom is 0.407 e. The molecule has 2 aliphatic rings. The van der Waals surface area contributed by atoms with Gasteiger partial charge in [0.15, 0.2) is 0 Å². The zero-order valence-electron chi connectivity index (χ0n) is 20.5. The Balaban J connectivity index is 1.54. The van der Waals surface area contributed by atoms with Gasteiger partial charge in [-0.2, -0.15) is 5.26 Å². The van der Waals surface area contributed by atoms with E-state index in [-0.39, 0.29) is 18.2 Å². The van der Waals surface area contributed by atoms with Crippen molar-refractivity contribution in [3.8, 4) is 17.9 Å². The van der Waals surface area contributed by atoms with Crippen LogP contribution < -0.4 is 5.32 Å². The van der Waals surface area contributed by atoms with Crippen molar-refractivity contribution in [2.24, 2.45) is 17.8 Å². The minimum atomic E-state index is -1.26. The van der Waals surface area contributed by atoms with E-state index < -0.39 is 8.53 Å². The molecule has 33 heavy (non-hydrogen) atoms. The Bertz CT molecular complexity index is 662. The third-order valence-electron chi connectivity index (χ3n) is 5.85. The molecule has 186 valence electrons. The molecule has 1 N–H and O–H groups in total. The number of hydrogen-bond acceptors (Lipinski definition) is 7. The Labute approximate surface area is 200 Å². The van der Waals surface area contributed by atoms with Crippen molar-refractivity contribution < 1.29 is 23.3 Å². The first-order valence-electron chi connectivity index (χ1n) is 12.1. The van der Waals surface area contributed by atoms with E-state index in [0.717, 1.165) is 25.7 Å². The van der Waals surface area contributed by atoms with Gasteiger partial charge in [0.1, 0.15) is 0 Å². The van der Waals surface area contributed by atoms with Gasteiger partial charge in [-0.15, -0.1) is 11.8 Å². The van der Waals surface area contributed by atoms with Crippen LogP contribution in [0.25, 0.3) is 0 Å². The molecule has 1 saturated carbocycles. The van der Waals surface area contributed by atoms with Gasteiger partial charge in [0.05, 0.1) is 45.5 Å². The Morgan fingerprint density at radius 3 is 2.30 bits per heavy atom. The molecule has 0 aromatic heterocycles. The molecular formula is C24H40N3O5P. The molecule has 0 aromatic carbocycles. The summed E-state index contributed by atoms with van der Waals surface area (Å²) in [5.41, 5.74) is 0. The first-order valence-corrected chi connectivity index (χ1v) is 13.2. The van der Waals surface area contributed by atoms with Gasteiger partial charge in [-0.05, 0) is 58.3 Å². The van der Waals surface area contributed by atoms with E-state index in [0.29, 0.717) is 63.8 Å². The van der Waals surface area contributed by atoms with Crippen LogP contribution in [0.5, 0.6) is 0 Å². The Kier molecular flexibility index (Phi) is 13.1. The maximum absolute atomic E-state index is 11.9. The van der Waals surface area contributed by atoms with Crippen LogP contribution in [0.1, 0.15) is 59.8 Å². The highest BCUT2D eigenvalue weighted by Crippen LogP contribution is 2.52. The highest BCUT2D eigenvalue weighted by atomic mass is 31.2. The van der Waals surface area contributed by atoms with Crippen molar-refractivity contribution in [3.63, 3.8) is 0 Å². The summed E-state index contributed by atoms with van der Waals surface area (Å²) in [5, 5.41) is 11.5. The second-order valence-electron chi connectivity index (χ2n) is 8.94. The smallest absolute Gasteiger partial charge is 0.407 e. The van der Waals surface area contributed by atoms with Gasteiger partial charge in [0, 0.05) is 31.5 Å². The van der Waals surface area contributed by atoms with Gasteiger partial charge in [-0.25, -0.2) is 9.46 Å². The molecule has 0 heterocycles. The van der Waals surface area contributed by atoms with Crippen LogP contribution in [0.4, 0.5) is 4.79 Å². The summed E-state index contributed by atoms with van der Waals surface area (Å²) < 4.78 is 24.9. The fourth-order valence-electron chi connectivity index (χ4n) is 4.32. The molecular weight excluding hydrogens is 441 g/mol. The van der Waals surface area contributed by atoms with Crippen molar-refractivity contribution in [1.29, 1.82) is 5.26 Å². The van der Waals surface area contributed by atoms with E-state index in [2.05, 4.69) is 55.6 Å². The number of hydrogen-bond donors (Lipinski definition) is 1. The van der Waals surface area contributed by atoms with Crippen LogP contribution in [0.15, 0.2) is 0 Å². The predicted molar refractivity (Wildman–Crippen MR) is 128 cm³/mol. The summed E-state index contributed by atoms with van der Waals surface area (Å²) in [4.78, 5) is 11.9. The molecule has 2 aliphatic carbocycles. The van der Waals surface area contributed by atoms with E-state index >= 15 is 0 Å². The van der Waals surface area contributed by atoms with Crippen LogP contribution in [-0.4, -0.2) is 62.4 Å². The predicted octanol–water partition coefficient (Wildman–Crippen LogP) is 4.46. The van der Waals surface area contributed by atoms with Gasteiger partial charge in [-0.3, -0.25) is 0 Å². The van der Waals surface area contributed by atoms with E-state index in [4.69, 9.17) is 23.8 Å². The van der Waals surface area contributed by atoms with Gasteiger partial charge >= 0.3 is 6.09 Å². The molecule has 0 bridgehead atoms. The largest absolute Gasteiger partial charge is 0.449 e. The van der Waals surface area contributed by atoms with Crippen molar-refractivity contribution in [2.45, 2.75) is 71.9 Å². The molecule has 0 spiro atoms. The number of alkyl carbamates (subject to hydrolysis) is 1. The molecule has 0 aromatic rings. The topological polar surface area (TPSA) is 93.0 Å². The highest BCUT2D eigenvalue weighted by molar-refractivity contribution is 7.44. The van der Waals surface area contributed by atoms with Crippen molar-refractivity contribution >= 4 is 14.6 Å². The maximum atomic E-state index is 11.9. The number of carbonyl (C=O) groups is 1. The molecule has 4 atom stereocenters. The normalized spacial score (nSPS) is 22.5. The number of ether oxygens (including phenoxy) is 2. The number of amides is 1. The summed E-state index contributed by atoms with van der Waals surface area (Å²) in [6, 6.07) is 2.61. The van der Waals surface area contributed by atoms with E-state index in [1.165, 1.54) is 0 Å². The molecule has 1 fully saturated rings. The first-order chi connectivity index (χ1) is 16.0. The summed E-state index contributed by atoms with van der Waals surface area (Å²) in [6.45, 7) is 10.8. The monoisotopic (exact) mass is 481 g/mol. The fourth-order valence-corrected chi connectivity index (χ4v) is 5.89. The van der Waals surface area contributed by atoms with Crippen LogP contribution >= 0.6 is 8.53 Å². The Morgan fingerprint density at radius 1 is 1.06 bits per heavy atom. The minimum Gasteiger partial charge on any atom is -0.449 e. The molecule has 9 heteroatoms. The second-order valence-corrected chi connectivity index (χ2v) is 10.4. The minimum absolute atomic E-state index is 0.260. The summed E-state index contributed by atoms with van der Waals surface area (Å²) in [5.74, 6) is 8.24. The second kappa shape index (κ2) is 15.5. The van der Waals surface area contributed by atoms with Crippen LogP contribution in [0.2, 0.25) is 0 Å². The summed E-state index contributed by atoms with van der Waals surface area (Å²) in [6.07, 6.45) is 4.13. The van der Waals surface area contributed by atoms with Crippen molar-refractivity contribution in [2.75, 3.05) is 39.6 Å². The third kappa shape index (κ3) is 10.2. The summed E-state index contributed by atoms with van der Waals surface area (Å²) in [7, 11) is -1.26. The van der Waals surface area contributed by atoms with E-state index in [1.54, 1.807) is 0 Å². The summed E-state index contributed by atoms with van der Waals surface area (Å²) >= 11 is 0. The Morgan fingerprint density at radius 2 is 1.70 bits per heavy atom. The van der Waals surface area contributed by atoms with E-state index in [1.807, 2.05) is 0 Å². The molecule has 0 aliphatic heterocycles. The van der Waals surface area contributed by atoms with E-state index in [9.17, 15) is 4.79 Å². The quantitative estimate of drug-likeness (QED) is 0.210. The molecule has 8 nitrogen and oxygen atoms in total. The lowest BCUT2D eigenvalue weighted by Gasteiger charge is -2.35. The van der Waals surface area contributed by atoms with Gasteiger partial charge in [0.2, 0.25) is 0 Å². The van der Waals surface area contributed by atoms with Crippen molar-refractivity contribution in [1.82, 2.24) is 9.99 Å². The molecule has 0 radical (unpaired) electrons. The lowest BCUT2D eigenvalue weighted by molar-refractivity contribution is 0.0864. The average Bonchev–Trinajstić information content (AvgIpc) is 3.39. The molecule has 0 saturated heterocycles. The van der Waals surface area contributed by atoms with Crippen LogP contribution in [0.3, 0.4) is 0 Å². The highest BCUT2D eigenvalue weighted by Gasteiger charge is 2.49. The number of rotatable bonds is 15. The first kappa shape index (κ1) is 27.8. The van der Waals surface area contributed by atoms with Crippen LogP contribution in [-0.2, 0) is 18.5 Å². The SMILES string of the molecule is CC(C)N(C(C)C)P(OCCC#N)OCCOCCNC(=O)OCC1[C@H]2CCC#CCC[C@@H]12. The standard InChI is InChI=1S/C24H40N3O5P/c1-19(2)27(20(3)4)33(31-14-9-12-25)32-17-16-29-15-13-26-24(28)30-18-23-21-10-7-5-6-8-11-22(21)23/h19-23H,7-11,13-18H2,1-4H3,(H,26,28)/t21-,22+,23?,33?. The lowest BCUT2D eigenvalue weighted by Crippen LogP contribution is -2.34. The van der Waals surface area contributed by atoms with Crippen LogP contribution in [0, 0.1) is 40.9 Å². The lowest BCUT2D eigenvalue weighted by atomic mass is 10.1. The number of nitrogens with zero attached hydrogens (tertiary/aromatic N) is 2. The van der Waals surface area contributed by atoms with Gasteiger partial charge < -0.3 is 23.8 Å². The number of nitrogens with one attached hydrogen (secondary N) is 1. The molecule has 1 amide bonds. The van der Waals surface area contributed by atoms with Crippen molar-refractivity contribution in [3.05, 3.63) is 0 Å². The van der Waals surface area contributed by atoms with Gasteiger partial charge in [-0.1, -0.05) is 0 Å². The number of nitriles is 1. The molecule has 2 unspecified atom stereocenters. The number of fused-ring (bicyclic) bond motifs is 1. The number of carbonyl (C=O) groups excluding carboxylic acids is 1. The zero-order chi connectivity index (χ0) is 24.1. The Hall–Kier alpha value is -1.41. The molecule has 2 rings (SSSR count).